The molecule has 20 heavy (non-hydrogen) atoms. The summed E-state index contributed by atoms with van der Waals surface area (Å²) in [4.78, 5) is 24.1. The Morgan fingerprint density at radius 2 is 1.60 bits per heavy atom. The number of ether oxygens (including phenoxy) is 2. The summed E-state index contributed by atoms with van der Waals surface area (Å²) in [6.07, 6.45) is 7.74. The van der Waals surface area contributed by atoms with Gasteiger partial charge in [0.2, 0.25) is 0 Å². The highest BCUT2D eigenvalue weighted by Gasteiger charge is 2.30. The lowest BCUT2D eigenvalue weighted by atomic mass is 9.90. The van der Waals surface area contributed by atoms with Gasteiger partial charge in [-0.3, -0.25) is 0 Å². The number of methoxy groups -OCH3 is 2. The number of hydrogen-bond acceptors (Lipinski definition) is 4. The Morgan fingerprint density at radius 3 is 2.10 bits per heavy atom. The Labute approximate surface area is 121 Å². The largest absolute Gasteiger partial charge is 0.466 e. The molecule has 0 unspecified atom stereocenters. The number of carbonyl (C=O) groups is 2. The molecule has 0 aliphatic heterocycles. The van der Waals surface area contributed by atoms with Gasteiger partial charge in [0.1, 0.15) is 0 Å². The summed E-state index contributed by atoms with van der Waals surface area (Å²) in [7, 11) is 2.74. The van der Waals surface area contributed by atoms with E-state index >= 15 is 0 Å². The monoisotopic (exact) mass is 282 g/mol. The summed E-state index contributed by atoms with van der Waals surface area (Å²) in [5, 5.41) is 0. The number of rotatable bonds is 7. The van der Waals surface area contributed by atoms with Gasteiger partial charge >= 0.3 is 11.9 Å². The van der Waals surface area contributed by atoms with Crippen molar-refractivity contribution < 1.29 is 19.1 Å². The first kappa shape index (κ1) is 16.7. The smallest absolute Gasteiger partial charge is 0.334 e. The fourth-order valence-corrected chi connectivity index (χ4v) is 2.88. The Morgan fingerprint density at radius 1 is 1.00 bits per heavy atom. The molecule has 0 amide bonds. The molecule has 4 heteroatoms. The topological polar surface area (TPSA) is 52.6 Å². The van der Waals surface area contributed by atoms with E-state index in [1.165, 1.54) is 14.2 Å². The van der Waals surface area contributed by atoms with Crippen molar-refractivity contribution in [2.24, 2.45) is 5.92 Å². The molecule has 0 saturated heterocycles. The van der Waals surface area contributed by atoms with Gasteiger partial charge in [0.25, 0.3) is 0 Å². The SMILES string of the molecule is CCCCC/C(C(=O)OC)=C(/C(=O)OC)C1CCCC1. The Balaban J connectivity index is 3.06. The van der Waals surface area contributed by atoms with Crippen LogP contribution in [0, 0.1) is 5.92 Å². The molecule has 0 bridgehead atoms. The highest BCUT2D eigenvalue weighted by molar-refractivity contribution is 6.00. The van der Waals surface area contributed by atoms with Gasteiger partial charge in [-0.2, -0.15) is 0 Å². The summed E-state index contributed by atoms with van der Waals surface area (Å²) in [5.74, 6) is -0.597. The maximum absolute atomic E-state index is 12.1. The molecule has 0 atom stereocenters. The molecule has 0 aromatic heterocycles. The predicted octanol–water partition coefficient (Wildman–Crippen LogP) is 3.40. The zero-order valence-electron chi connectivity index (χ0n) is 12.9. The second-order valence-corrected chi connectivity index (χ2v) is 5.31. The van der Waals surface area contributed by atoms with Gasteiger partial charge in [-0.25, -0.2) is 9.59 Å². The van der Waals surface area contributed by atoms with Crippen molar-refractivity contribution >= 4 is 11.9 Å². The molecular weight excluding hydrogens is 256 g/mol. The van der Waals surface area contributed by atoms with Crippen LogP contribution in [0.5, 0.6) is 0 Å². The fourth-order valence-electron chi connectivity index (χ4n) is 2.88. The second-order valence-electron chi connectivity index (χ2n) is 5.31. The highest BCUT2D eigenvalue weighted by Crippen LogP contribution is 2.35. The average molecular weight is 282 g/mol. The molecule has 114 valence electrons. The Kier molecular flexibility index (Phi) is 7.34. The van der Waals surface area contributed by atoms with E-state index in [-0.39, 0.29) is 17.9 Å². The van der Waals surface area contributed by atoms with Gasteiger partial charge in [-0.15, -0.1) is 0 Å². The van der Waals surface area contributed by atoms with Gasteiger partial charge in [-0.05, 0) is 31.6 Å². The van der Waals surface area contributed by atoms with Crippen molar-refractivity contribution in [3.63, 3.8) is 0 Å². The third kappa shape index (κ3) is 4.36. The Bertz CT molecular complexity index is 365. The van der Waals surface area contributed by atoms with E-state index in [0.29, 0.717) is 17.6 Å². The predicted molar refractivity (Wildman–Crippen MR) is 77.2 cm³/mol. The standard InChI is InChI=1S/C16H26O4/c1-4-5-6-11-13(15(17)19-2)14(16(18)20-3)12-9-7-8-10-12/h12H,4-11H2,1-3H3/b14-13-. The van der Waals surface area contributed by atoms with Gasteiger partial charge in [0.15, 0.2) is 0 Å². The van der Waals surface area contributed by atoms with E-state index < -0.39 is 0 Å². The minimum Gasteiger partial charge on any atom is -0.466 e. The molecule has 0 heterocycles. The first-order chi connectivity index (χ1) is 9.65. The van der Waals surface area contributed by atoms with Gasteiger partial charge < -0.3 is 9.47 Å². The van der Waals surface area contributed by atoms with Crippen LogP contribution in [0.3, 0.4) is 0 Å². The van der Waals surface area contributed by atoms with E-state index in [2.05, 4.69) is 6.92 Å². The molecule has 1 aliphatic carbocycles. The van der Waals surface area contributed by atoms with Gasteiger partial charge in [0.05, 0.1) is 19.8 Å². The van der Waals surface area contributed by atoms with Crippen molar-refractivity contribution in [1.29, 1.82) is 0 Å². The third-order valence-corrected chi connectivity index (χ3v) is 3.96. The molecule has 1 saturated carbocycles. The van der Waals surface area contributed by atoms with Crippen LogP contribution in [-0.2, 0) is 19.1 Å². The fraction of sp³-hybridized carbons (Fsp3) is 0.750. The van der Waals surface area contributed by atoms with Gasteiger partial charge in [-0.1, -0.05) is 32.6 Å². The molecule has 1 fully saturated rings. The highest BCUT2D eigenvalue weighted by atomic mass is 16.5. The number of unbranched alkanes of at least 4 members (excludes halogenated alkanes) is 2. The van der Waals surface area contributed by atoms with Crippen molar-refractivity contribution in [2.45, 2.75) is 58.3 Å². The quantitative estimate of drug-likeness (QED) is 0.408. The lowest BCUT2D eigenvalue weighted by Crippen LogP contribution is -2.20. The number of hydrogen-bond donors (Lipinski definition) is 0. The molecule has 0 spiro atoms. The zero-order chi connectivity index (χ0) is 15.0. The molecule has 0 aromatic rings. The lowest BCUT2D eigenvalue weighted by Gasteiger charge is -2.17. The Hall–Kier alpha value is -1.32. The lowest BCUT2D eigenvalue weighted by molar-refractivity contribution is -0.140. The van der Waals surface area contributed by atoms with Crippen LogP contribution >= 0.6 is 0 Å². The summed E-state index contributed by atoms with van der Waals surface area (Å²) in [6, 6.07) is 0. The van der Waals surface area contributed by atoms with E-state index in [1.807, 2.05) is 0 Å². The number of esters is 2. The van der Waals surface area contributed by atoms with E-state index in [1.54, 1.807) is 0 Å². The summed E-state index contributed by atoms with van der Waals surface area (Å²) >= 11 is 0. The molecule has 0 aromatic carbocycles. The first-order valence-electron chi connectivity index (χ1n) is 7.55. The molecular formula is C16H26O4. The third-order valence-electron chi connectivity index (χ3n) is 3.96. The first-order valence-corrected chi connectivity index (χ1v) is 7.55. The van der Waals surface area contributed by atoms with Crippen LogP contribution in [0.4, 0.5) is 0 Å². The maximum Gasteiger partial charge on any atom is 0.334 e. The van der Waals surface area contributed by atoms with Crippen LogP contribution < -0.4 is 0 Å². The summed E-state index contributed by atoms with van der Waals surface area (Å²) in [6.45, 7) is 2.11. The number of carbonyl (C=O) groups excluding carboxylic acids is 2. The second kappa shape index (κ2) is 8.77. The summed E-state index contributed by atoms with van der Waals surface area (Å²) in [5.41, 5.74) is 1.09. The van der Waals surface area contributed by atoms with Crippen molar-refractivity contribution in [3.8, 4) is 0 Å². The van der Waals surface area contributed by atoms with E-state index in [4.69, 9.17) is 9.47 Å². The van der Waals surface area contributed by atoms with Crippen molar-refractivity contribution in [2.75, 3.05) is 14.2 Å². The van der Waals surface area contributed by atoms with Crippen LogP contribution in [0.25, 0.3) is 0 Å². The zero-order valence-corrected chi connectivity index (χ0v) is 12.9. The summed E-state index contributed by atoms with van der Waals surface area (Å²) < 4.78 is 9.78. The van der Waals surface area contributed by atoms with Crippen LogP contribution in [-0.4, -0.2) is 26.2 Å². The molecule has 0 N–H and O–H groups in total. The molecule has 1 aliphatic rings. The average Bonchev–Trinajstić information content (AvgIpc) is 2.98. The van der Waals surface area contributed by atoms with Crippen LogP contribution in [0.1, 0.15) is 58.3 Å². The van der Waals surface area contributed by atoms with Crippen molar-refractivity contribution in [1.82, 2.24) is 0 Å². The maximum atomic E-state index is 12.1. The molecule has 4 nitrogen and oxygen atoms in total. The molecule has 0 radical (unpaired) electrons. The van der Waals surface area contributed by atoms with Crippen LogP contribution in [0.15, 0.2) is 11.1 Å². The van der Waals surface area contributed by atoms with Crippen molar-refractivity contribution in [3.05, 3.63) is 11.1 Å². The van der Waals surface area contributed by atoms with Crippen LogP contribution in [0.2, 0.25) is 0 Å². The normalized spacial score (nSPS) is 16.8. The van der Waals surface area contributed by atoms with E-state index in [0.717, 1.165) is 44.9 Å². The van der Waals surface area contributed by atoms with E-state index in [9.17, 15) is 9.59 Å². The van der Waals surface area contributed by atoms with Gasteiger partial charge in [0, 0.05) is 5.57 Å². The minimum atomic E-state index is -0.381. The molecule has 1 rings (SSSR count). The minimum absolute atomic E-state index is 0.151.